The van der Waals surface area contributed by atoms with E-state index in [-0.39, 0.29) is 23.3 Å². The maximum absolute atomic E-state index is 12.7. The van der Waals surface area contributed by atoms with Gasteiger partial charge in [-0.15, -0.1) is 6.42 Å². The summed E-state index contributed by atoms with van der Waals surface area (Å²) in [7, 11) is -3.55. The molecule has 2 rings (SSSR count). The average molecular weight is 350 g/mol. The van der Waals surface area contributed by atoms with Crippen LogP contribution in [0.25, 0.3) is 0 Å². The predicted molar refractivity (Wildman–Crippen MR) is 90.9 cm³/mol. The van der Waals surface area contributed by atoms with Crippen molar-refractivity contribution in [2.24, 2.45) is 5.92 Å². The van der Waals surface area contributed by atoms with Crippen molar-refractivity contribution in [1.82, 2.24) is 9.62 Å². The fraction of sp³-hybridized carbons (Fsp3) is 0.471. The Morgan fingerprint density at radius 3 is 2.50 bits per heavy atom. The molecule has 0 atom stereocenters. The van der Waals surface area contributed by atoms with Crippen molar-refractivity contribution < 1.29 is 17.9 Å². The molecule has 1 aromatic rings. The molecule has 1 fully saturated rings. The zero-order chi connectivity index (χ0) is 17.6. The highest BCUT2D eigenvalue weighted by atomic mass is 32.2. The number of piperidine rings is 1. The third-order valence-electron chi connectivity index (χ3n) is 3.96. The minimum absolute atomic E-state index is 0.105. The van der Waals surface area contributed by atoms with E-state index in [4.69, 9.17) is 11.2 Å². The van der Waals surface area contributed by atoms with E-state index < -0.39 is 10.0 Å². The Bertz CT molecular complexity index is 699. The number of nitrogens with zero attached hydrogens (tertiary/aromatic N) is 1. The molecule has 0 radical (unpaired) electrons. The summed E-state index contributed by atoms with van der Waals surface area (Å²) < 4.78 is 32.1. The van der Waals surface area contributed by atoms with Crippen molar-refractivity contribution in [3.63, 3.8) is 0 Å². The van der Waals surface area contributed by atoms with E-state index in [1.165, 1.54) is 4.31 Å². The first kappa shape index (κ1) is 18.3. The molecule has 0 saturated carbocycles. The van der Waals surface area contributed by atoms with Crippen LogP contribution >= 0.6 is 0 Å². The zero-order valence-electron chi connectivity index (χ0n) is 13.7. The Morgan fingerprint density at radius 1 is 1.33 bits per heavy atom. The second-order valence-corrected chi connectivity index (χ2v) is 7.44. The minimum Gasteiger partial charge on any atom is -0.494 e. The molecule has 1 amide bonds. The Labute approximate surface area is 143 Å². The quantitative estimate of drug-likeness (QED) is 0.783. The average Bonchev–Trinajstić information content (AvgIpc) is 2.60. The highest BCUT2D eigenvalue weighted by molar-refractivity contribution is 7.89. The summed E-state index contributed by atoms with van der Waals surface area (Å²) >= 11 is 0. The van der Waals surface area contributed by atoms with E-state index in [1.54, 1.807) is 24.3 Å². The molecular formula is C17H22N2O4S. The molecule has 130 valence electrons. The van der Waals surface area contributed by atoms with Gasteiger partial charge in [0.15, 0.2) is 0 Å². The maximum Gasteiger partial charge on any atom is 0.243 e. The largest absolute Gasteiger partial charge is 0.494 e. The van der Waals surface area contributed by atoms with E-state index in [0.29, 0.717) is 38.3 Å². The van der Waals surface area contributed by atoms with Crippen molar-refractivity contribution in [2.75, 3.05) is 26.2 Å². The van der Waals surface area contributed by atoms with Crippen LogP contribution in [0.2, 0.25) is 0 Å². The van der Waals surface area contributed by atoms with Gasteiger partial charge >= 0.3 is 0 Å². The molecule has 1 heterocycles. The fourth-order valence-electron chi connectivity index (χ4n) is 2.66. The van der Waals surface area contributed by atoms with Crippen molar-refractivity contribution in [1.29, 1.82) is 0 Å². The number of benzene rings is 1. The number of carbonyl (C=O) groups excluding carboxylic acids is 1. The summed E-state index contributed by atoms with van der Waals surface area (Å²) in [5.74, 6) is 2.70. The van der Waals surface area contributed by atoms with Crippen LogP contribution in [0, 0.1) is 18.3 Å². The highest BCUT2D eigenvalue weighted by Gasteiger charge is 2.31. The number of hydrogen-bond donors (Lipinski definition) is 1. The summed E-state index contributed by atoms with van der Waals surface area (Å²) in [5.41, 5.74) is 0. The van der Waals surface area contributed by atoms with Crippen molar-refractivity contribution in [3.05, 3.63) is 24.3 Å². The summed E-state index contributed by atoms with van der Waals surface area (Å²) in [6, 6.07) is 6.39. The van der Waals surface area contributed by atoms with E-state index in [1.807, 2.05) is 6.92 Å². The molecule has 7 heteroatoms. The Kier molecular flexibility index (Phi) is 6.23. The normalized spacial score (nSPS) is 16.3. The number of rotatable bonds is 6. The van der Waals surface area contributed by atoms with Crippen LogP contribution in [-0.4, -0.2) is 44.9 Å². The van der Waals surface area contributed by atoms with E-state index in [2.05, 4.69) is 11.2 Å². The summed E-state index contributed by atoms with van der Waals surface area (Å²) in [6.07, 6.45) is 6.10. The highest BCUT2D eigenvalue weighted by Crippen LogP contribution is 2.25. The number of carbonyl (C=O) groups is 1. The topological polar surface area (TPSA) is 75.7 Å². The molecule has 0 aliphatic carbocycles. The molecular weight excluding hydrogens is 328 g/mol. The van der Waals surface area contributed by atoms with Crippen LogP contribution in [0.15, 0.2) is 29.2 Å². The van der Waals surface area contributed by atoms with Gasteiger partial charge in [-0.05, 0) is 44.0 Å². The molecule has 1 aliphatic heterocycles. The van der Waals surface area contributed by atoms with Crippen molar-refractivity contribution in [3.8, 4) is 18.1 Å². The number of ether oxygens (including phenoxy) is 1. The van der Waals surface area contributed by atoms with Crippen LogP contribution in [-0.2, 0) is 14.8 Å². The third-order valence-corrected chi connectivity index (χ3v) is 5.87. The first-order valence-electron chi connectivity index (χ1n) is 7.93. The van der Waals surface area contributed by atoms with E-state index in [9.17, 15) is 13.2 Å². The summed E-state index contributed by atoms with van der Waals surface area (Å²) in [6.45, 7) is 3.24. The lowest BCUT2D eigenvalue weighted by Gasteiger charge is -2.30. The monoisotopic (exact) mass is 350 g/mol. The van der Waals surface area contributed by atoms with Crippen LogP contribution < -0.4 is 10.1 Å². The molecule has 0 spiro atoms. The molecule has 1 aliphatic rings. The number of terminal acetylenes is 1. The first-order chi connectivity index (χ1) is 11.5. The van der Waals surface area contributed by atoms with Gasteiger partial charge in [0.2, 0.25) is 15.9 Å². The Balaban J connectivity index is 1.99. The second-order valence-electron chi connectivity index (χ2n) is 5.50. The maximum atomic E-state index is 12.7. The number of hydrogen-bond acceptors (Lipinski definition) is 4. The lowest BCUT2D eigenvalue weighted by molar-refractivity contribution is -0.125. The van der Waals surface area contributed by atoms with Gasteiger partial charge in [-0.25, -0.2) is 8.42 Å². The van der Waals surface area contributed by atoms with E-state index in [0.717, 1.165) is 0 Å². The SMILES string of the molecule is C#CCNC(=O)C1CCN(S(=O)(=O)c2ccc(OCC)cc2)CC1. The predicted octanol–water partition coefficient (Wildman–Crippen LogP) is 1.24. The van der Waals surface area contributed by atoms with Gasteiger partial charge in [0.25, 0.3) is 0 Å². The Morgan fingerprint density at radius 2 is 1.96 bits per heavy atom. The van der Waals surface area contributed by atoms with Gasteiger partial charge in [-0.2, -0.15) is 4.31 Å². The van der Waals surface area contributed by atoms with Gasteiger partial charge in [0, 0.05) is 19.0 Å². The third kappa shape index (κ3) is 4.28. The first-order valence-corrected chi connectivity index (χ1v) is 9.37. The van der Waals surface area contributed by atoms with E-state index >= 15 is 0 Å². The van der Waals surface area contributed by atoms with Crippen LogP contribution in [0.3, 0.4) is 0 Å². The molecule has 1 saturated heterocycles. The lowest BCUT2D eigenvalue weighted by Crippen LogP contribution is -2.43. The van der Waals surface area contributed by atoms with Crippen molar-refractivity contribution >= 4 is 15.9 Å². The number of amides is 1. The van der Waals surface area contributed by atoms with Crippen molar-refractivity contribution in [2.45, 2.75) is 24.7 Å². The molecule has 0 bridgehead atoms. The van der Waals surface area contributed by atoms with Gasteiger partial charge in [-0.3, -0.25) is 4.79 Å². The van der Waals surface area contributed by atoms with Gasteiger partial charge in [0.1, 0.15) is 5.75 Å². The standard InChI is InChI=1S/C17H22N2O4S/c1-3-11-18-17(20)14-9-12-19(13-10-14)24(21,22)16-7-5-15(6-8-16)23-4-2/h1,5-8,14H,4,9-13H2,2H3,(H,18,20). The smallest absolute Gasteiger partial charge is 0.243 e. The van der Waals surface area contributed by atoms with Gasteiger partial charge in [0.05, 0.1) is 18.0 Å². The molecule has 0 unspecified atom stereocenters. The molecule has 0 aromatic heterocycles. The minimum atomic E-state index is -3.55. The van der Waals surface area contributed by atoms with Crippen LogP contribution in [0.1, 0.15) is 19.8 Å². The Hall–Kier alpha value is -2.04. The van der Waals surface area contributed by atoms with Gasteiger partial charge < -0.3 is 10.1 Å². The summed E-state index contributed by atoms with van der Waals surface area (Å²) in [4.78, 5) is 12.1. The van der Waals surface area contributed by atoms with Gasteiger partial charge in [-0.1, -0.05) is 5.92 Å². The lowest BCUT2D eigenvalue weighted by atomic mass is 9.97. The fourth-order valence-corrected chi connectivity index (χ4v) is 4.13. The van der Waals surface area contributed by atoms with Crippen LogP contribution in [0.5, 0.6) is 5.75 Å². The number of sulfonamides is 1. The zero-order valence-corrected chi connectivity index (χ0v) is 14.5. The van der Waals surface area contributed by atoms with Crippen LogP contribution in [0.4, 0.5) is 0 Å². The molecule has 6 nitrogen and oxygen atoms in total. The summed E-state index contributed by atoms with van der Waals surface area (Å²) in [5, 5.41) is 2.65. The molecule has 1 N–H and O–H groups in total. The number of nitrogens with one attached hydrogen (secondary N) is 1. The second kappa shape index (κ2) is 8.18. The molecule has 1 aromatic carbocycles. The molecule has 24 heavy (non-hydrogen) atoms.